The lowest BCUT2D eigenvalue weighted by Crippen LogP contribution is -2.28. The average molecular weight is 246 g/mol. The third-order valence-corrected chi connectivity index (χ3v) is 2.86. The van der Waals surface area contributed by atoms with Crippen LogP contribution in [-0.2, 0) is 23.5 Å². The number of hydrogen-bond acceptors (Lipinski definition) is 5. The van der Waals surface area contributed by atoms with Crippen LogP contribution >= 0.6 is 0 Å². The van der Waals surface area contributed by atoms with Gasteiger partial charge in [0, 0.05) is 12.2 Å². The minimum atomic E-state index is -1.81. The number of carbonyl (C=O) groups excluding carboxylic acids is 2. The minimum absolute atomic E-state index is 0.0533. The minimum Gasteiger partial charge on any atom is -0.517 e. The number of rotatable bonds is 7. The highest BCUT2D eigenvalue weighted by molar-refractivity contribution is 6.52. The summed E-state index contributed by atoms with van der Waals surface area (Å²) in [4.78, 5) is 22.2. The molecule has 0 saturated heterocycles. The molecule has 0 aromatic heterocycles. The summed E-state index contributed by atoms with van der Waals surface area (Å²) in [6.45, 7) is 9.00. The van der Waals surface area contributed by atoms with E-state index in [-0.39, 0.29) is 12.8 Å². The van der Waals surface area contributed by atoms with E-state index >= 15 is 0 Å². The second kappa shape index (κ2) is 8.06. The van der Waals surface area contributed by atoms with Gasteiger partial charge in [0.2, 0.25) is 0 Å². The molecule has 0 fully saturated rings. The molecule has 6 heteroatoms. The highest BCUT2D eigenvalue weighted by Crippen LogP contribution is 1.95. The number of esters is 1. The van der Waals surface area contributed by atoms with Crippen molar-refractivity contribution in [3.63, 3.8) is 0 Å². The zero-order valence-electron chi connectivity index (χ0n) is 9.95. The molecule has 0 radical (unpaired) electrons. The van der Waals surface area contributed by atoms with Gasteiger partial charge >= 0.3 is 11.9 Å². The van der Waals surface area contributed by atoms with Gasteiger partial charge in [0.25, 0.3) is 9.04 Å². The largest absolute Gasteiger partial charge is 0.517 e. The van der Waals surface area contributed by atoms with Crippen LogP contribution < -0.4 is 0 Å². The lowest BCUT2D eigenvalue weighted by atomic mass is 10.4. The molecule has 0 amide bonds. The molecule has 1 unspecified atom stereocenters. The van der Waals surface area contributed by atoms with Gasteiger partial charge in [-0.05, 0) is 20.4 Å². The molecule has 0 spiro atoms. The molecular weight excluding hydrogens is 228 g/mol. The molecule has 92 valence electrons. The monoisotopic (exact) mass is 246 g/mol. The Hall–Kier alpha value is -1.14. The van der Waals surface area contributed by atoms with Gasteiger partial charge in [-0.25, -0.2) is 4.79 Å². The SMILES string of the molecule is C=C(C)C(=O)OC[SiH](C)OC(=O)COCC. The Kier molecular flexibility index (Phi) is 7.48. The molecule has 0 N–H and O–H groups in total. The maximum Gasteiger partial charge on any atom is 0.332 e. The van der Waals surface area contributed by atoms with Gasteiger partial charge in [0.05, 0.1) is 0 Å². The van der Waals surface area contributed by atoms with Crippen LogP contribution in [0, 0.1) is 0 Å². The molecule has 1 atom stereocenters. The highest BCUT2D eigenvalue weighted by Gasteiger charge is 2.14. The van der Waals surface area contributed by atoms with Crippen molar-refractivity contribution in [3.05, 3.63) is 12.2 Å². The average Bonchev–Trinajstić information content (AvgIpc) is 2.22. The van der Waals surface area contributed by atoms with Crippen molar-refractivity contribution in [2.75, 3.05) is 19.4 Å². The van der Waals surface area contributed by atoms with Crippen LogP contribution in [0.1, 0.15) is 13.8 Å². The van der Waals surface area contributed by atoms with E-state index in [2.05, 4.69) is 6.58 Å². The van der Waals surface area contributed by atoms with Crippen LogP contribution in [-0.4, -0.2) is 40.4 Å². The van der Waals surface area contributed by atoms with Crippen molar-refractivity contribution in [3.8, 4) is 0 Å². The smallest absolute Gasteiger partial charge is 0.332 e. The number of ether oxygens (including phenoxy) is 2. The van der Waals surface area contributed by atoms with E-state index in [4.69, 9.17) is 13.9 Å². The Morgan fingerprint density at radius 3 is 2.50 bits per heavy atom. The van der Waals surface area contributed by atoms with Gasteiger partial charge < -0.3 is 13.9 Å². The van der Waals surface area contributed by atoms with Gasteiger partial charge in [0.15, 0.2) is 0 Å². The van der Waals surface area contributed by atoms with Crippen LogP contribution in [0.2, 0.25) is 6.55 Å². The van der Waals surface area contributed by atoms with E-state index in [0.717, 1.165) is 0 Å². The van der Waals surface area contributed by atoms with Crippen LogP contribution in [0.5, 0.6) is 0 Å². The topological polar surface area (TPSA) is 61.8 Å². The van der Waals surface area contributed by atoms with E-state index < -0.39 is 21.0 Å². The fraction of sp³-hybridized carbons (Fsp3) is 0.600. The Morgan fingerprint density at radius 2 is 2.00 bits per heavy atom. The van der Waals surface area contributed by atoms with Crippen molar-refractivity contribution in [2.45, 2.75) is 20.4 Å². The summed E-state index contributed by atoms with van der Waals surface area (Å²) in [6.07, 6.45) is 0.156. The van der Waals surface area contributed by atoms with Gasteiger partial charge in [0.1, 0.15) is 12.8 Å². The Balaban J connectivity index is 3.73. The predicted octanol–water partition coefficient (Wildman–Crippen LogP) is 0.578. The zero-order chi connectivity index (χ0) is 12.6. The summed E-state index contributed by atoms with van der Waals surface area (Å²) in [5.41, 5.74) is 0.335. The van der Waals surface area contributed by atoms with E-state index in [1.54, 1.807) is 20.4 Å². The van der Waals surface area contributed by atoms with Gasteiger partial charge in [-0.15, -0.1) is 0 Å². The second-order valence-corrected chi connectivity index (χ2v) is 5.51. The molecule has 0 aliphatic heterocycles. The Morgan fingerprint density at radius 1 is 1.38 bits per heavy atom. The first kappa shape index (κ1) is 14.9. The predicted molar refractivity (Wildman–Crippen MR) is 61.4 cm³/mol. The molecule has 0 aromatic rings. The third-order valence-electron chi connectivity index (χ3n) is 1.55. The van der Waals surface area contributed by atoms with E-state index in [0.29, 0.717) is 12.2 Å². The van der Waals surface area contributed by atoms with Crippen LogP contribution in [0.4, 0.5) is 0 Å². The molecule has 16 heavy (non-hydrogen) atoms. The van der Waals surface area contributed by atoms with E-state index in [1.165, 1.54) is 0 Å². The summed E-state index contributed by atoms with van der Waals surface area (Å²) >= 11 is 0. The normalized spacial score (nSPS) is 11.7. The molecule has 5 nitrogen and oxygen atoms in total. The van der Waals surface area contributed by atoms with Crippen LogP contribution in [0.15, 0.2) is 12.2 Å². The lowest BCUT2D eigenvalue weighted by Gasteiger charge is -2.12. The van der Waals surface area contributed by atoms with Gasteiger partial charge in [-0.2, -0.15) is 0 Å². The van der Waals surface area contributed by atoms with E-state index in [9.17, 15) is 9.59 Å². The standard InChI is InChI=1S/C10H18O5Si/c1-5-13-6-9(11)15-16(4)7-14-10(12)8(2)3/h16H,2,5-7H2,1,3-4H3. The van der Waals surface area contributed by atoms with Gasteiger partial charge in [-0.1, -0.05) is 6.58 Å². The first-order valence-electron chi connectivity index (χ1n) is 5.07. The molecular formula is C10H18O5Si. The van der Waals surface area contributed by atoms with E-state index in [1.807, 2.05) is 0 Å². The third kappa shape index (κ3) is 7.19. The maximum absolute atomic E-state index is 11.1. The zero-order valence-corrected chi connectivity index (χ0v) is 11.1. The fourth-order valence-corrected chi connectivity index (χ4v) is 1.77. The molecule has 0 aromatic carbocycles. The van der Waals surface area contributed by atoms with Crippen molar-refractivity contribution in [2.24, 2.45) is 0 Å². The molecule has 0 rings (SSSR count). The fourth-order valence-electron chi connectivity index (χ4n) is 0.794. The first-order chi connectivity index (χ1) is 7.47. The number of hydrogen-bond donors (Lipinski definition) is 0. The number of carbonyl (C=O) groups is 2. The molecule has 0 aliphatic rings. The summed E-state index contributed by atoms with van der Waals surface area (Å²) in [7, 11) is -1.81. The molecule has 0 bridgehead atoms. The summed E-state index contributed by atoms with van der Waals surface area (Å²) in [6, 6.07) is 0. The maximum atomic E-state index is 11.1. The molecule has 0 saturated carbocycles. The highest BCUT2D eigenvalue weighted by atomic mass is 28.3. The summed E-state index contributed by atoms with van der Waals surface area (Å²) < 4.78 is 14.8. The van der Waals surface area contributed by atoms with Crippen molar-refractivity contribution in [1.82, 2.24) is 0 Å². The second-order valence-electron chi connectivity index (χ2n) is 3.32. The molecule has 0 heterocycles. The summed E-state index contributed by atoms with van der Waals surface area (Å²) in [5.74, 6) is -0.868. The van der Waals surface area contributed by atoms with Crippen molar-refractivity contribution >= 4 is 21.0 Å². The lowest BCUT2D eigenvalue weighted by molar-refractivity contribution is -0.142. The Labute approximate surface area is 97.1 Å². The quantitative estimate of drug-likeness (QED) is 0.373. The van der Waals surface area contributed by atoms with Crippen LogP contribution in [0.3, 0.4) is 0 Å². The Bertz CT molecular complexity index is 264. The van der Waals surface area contributed by atoms with Crippen molar-refractivity contribution < 1.29 is 23.5 Å². The molecule has 0 aliphatic carbocycles. The summed E-state index contributed by atoms with van der Waals surface area (Å²) in [5, 5.41) is 0. The van der Waals surface area contributed by atoms with Crippen LogP contribution in [0.25, 0.3) is 0 Å². The first-order valence-corrected chi connectivity index (χ1v) is 7.51. The van der Waals surface area contributed by atoms with Gasteiger partial charge in [-0.3, -0.25) is 4.79 Å². The van der Waals surface area contributed by atoms with Crippen molar-refractivity contribution in [1.29, 1.82) is 0 Å².